The highest BCUT2D eigenvalue weighted by Crippen LogP contribution is 2.44. The lowest BCUT2D eigenvalue weighted by Crippen LogP contribution is -2.57. The summed E-state index contributed by atoms with van der Waals surface area (Å²) in [6, 6.07) is 8.68. The van der Waals surface area contributed by atoms with Crippen LogP contribution in [0.1, 0.15) is 32.6 Å². The molecule has 1 aromatic rings. The van der Waals surface area contributed by atoms with Crippen LogP contribution in [0.3, 0.4) is 0 Å². The Bertz CT molecular complexity index is 1180. The second-order valence-electron chi connectivity index (χ2n) is 8.60. The molecular formula is C26H29N3O4. The van der Waals surface area contributed by atoms with Crippen molar-refractivity contribution in [2.75, 3.05) is 19.6 Å². The number of carbonyl (C=O) groups is 2. The van der Waals surface area contributed by atoms with Gasteiger partial charge in [-0.25, -0.2) is 14.6 Å². The molecule has 1 spiro atoms. The van der Waals surface area contributed by atoms with Crippen LogP contribution in [0.15, 0.2) is 76.6 Å². The average Bonchev–Trinajstić information content (AvgIpc) is 3.21. The maximum absolute atomic E-state index is 9.55. The van der Waals surface area contributed by atoms with E-state index < -0.39 is 11.9 Å². The van der Waals surface area contributed by atoms with Crippen LogP contribution in [-0.4, -0.2) is 52.2 Å². The number of nitrogens with zero attached hydrogens (tertiary/aromatic N) is 2. The summed E-state index contributed by atoms with van der Waals surface area (Å²) in [7, 11) is 0. The highest BCUT2D eigenvalue weighted by atomic mass is 16.4. The molecule has 3 N–H and O–H groups in total. The van der Waals surface area contributed by atoms with E-state index in [9.17, 15) is 9.59 Å². The van der Waals surface area contributed by atoms with Crippen LogP contribution < -0.4 is 15.9 Å². The Morgan fingerprint density at radius 2 is 1.85 bits per heavy atom. The van der Waals surface area contributed by atoms with Gasteiger partial charge >= 0.3 is 11.9 Å². The van der Waals surface area contributed by atoms with Gasteiger partial charge in [-0.1, -0.05) is 37.3 Å². The molecule has 0 saturated carbocycles. The maximum atomic E-state index is 9.55. The largest absolute Gasteiger partial charge is 0.478 e. The summed E-state index contributed by atoms with van der Waals surface area (Å²) in [5, 5.41) is 22.1. The van der Waals surface area contributed by atoms with Crippen molar-refractivity contribution >= 4 is 17.5 Å². The van der Waals surface area contributed by atoms with Crippen molar-refractivity contribution < 1.29 is 19.8 Å². The van der Waals surface area contributed by atoms with E-state index in [1.54, 1.807) is 0 Å². The molecule has 5 rings (SSSR count). The molecule has 7 nitrogen and oxygen atoms in total. The molecule has 0 atom stereocenters. The van der Waals surface area contributed by atoms with Gasteiger partial charge in [-0.15, -0.1) is 0 Å². The molecule has 1 fully saturated rings. The van der Waals surface area contributed by atoms with Gasteiger partial charge in [0.2, 0.25) is 0 Å². The first kappa shape index (κ1) is 22.7. The number of rotatable bonds is 4. The first-order valence-electron chi connectivity index (χ1n) is 11.4. The van der Waals surface area contributed by atoms with Gasteiger partial charge in [-0.2, -0.15) is 0 Å². The molecule has 1 aromatic carbocycles. The summed E-state index contributed by atoms with van der Waals surface area (Å²) in [5.41, 5.74) is 5.41. The minimum absolute atomic E-state index is 0.0379. The topological polar surface area (TPSA) is 102 Å². The number of benzene rings is 1. The fourth-order valence-electron chi connectivity index (χ4n) is 5.00. The average molecular weight is 448 g/mol. The summed E-state index contributed by atoms with van der Waals surface area (Å²) in [6.07, 6.45) is 12.3. The predicted octanol–water partition coefficient (Wildman–Crippen LogP) is 2.13. The van der Waals surface area contributed by atoms with Gasteiger partial charge in [-0.05, 0) is 44.4 Å². The lowest BCUT2D eigenvalue weighted by molar-refractivity contribution is -0.134. The van der Waals surface area contributed by atoms with Gasteiger partial charge in [0.15, 0.2) is 0 Å². The fraction of sp³-hybridized carbons (Fsp3) is 0.346. The minimum atomic E-state index is -1.26. The Morgan fingerprint density at radius 3 is 2.52 bits per heavy atom. The highest BCUT2D eigenvalue weighted by molar-refractivity contribution is 5.89. The molecule has 33 heavy (non-hydrogen) atoms. The lowest BCUT2D eigenvalue weighted by atomic mass is 9.74. The number of allylic oxidation sites excluding steroid dienone is 4. The predicted molar refractivity (Wildman–Crippen MR) is 126 cm³/mol. The van der Waals surface area contributed by atoms with Crippen LogP contribution in [-0.2, 0) is 9.59 Å². The Hall–Kier alpha value is -3.45. The van der Waals surface area contributed by atoms with Crippen molar-refractivity contribution in [3.63, 3.8) is 0 Å². The van der Waals surface area contributed by atoms with Gasteiger partial charge in [0, 0.05) is 47.3 Å². The first-order chi connectivity index (χ1) is 15.9. The standard InChI is InChI=1S/C22H25N3.C4H4O4/c1-2-13-25-14-11-22(12-15-25)20-16-7-3-5-9-18(16)23-21(20)17-8-4-6-10-19(17)24-22;5-3(6)1-2-4(7)8/h3-7,9-10,24H,2,8,11-15H2,1H3;1-2H,(H,5,6)(H,7,8)/b;2-1-. The molecule has 0 radical (unpaired) electrons. The number of hydrogen-bond acceptors (Lipinski definition) is 5. The number of carboxylic acids is 2. The number of hydrogen-bond donors (Lipinski definition) is 3. The number of fused-ring (bicyclic) bond motifs is 4. The van der Waals surface area contributed by atoms with Gasteiger partial charge in [-0.3, -0.25) is 0 Å². The van der Waals surface area contributed by atoms with Crippen LogP contribution in [0.5, 0.6) is 0 Å². The van der Waals surface area contributed by atoms with Gasteiger partial charge < -0.3 is 20.4 Å². The minimum Gasteiger partial charge on any atom is -0.478 e. The molecule has 0 bridgehead atoms. The van der Waals surface area contributed by atoms with Crippen molar-refractivity contribution in [1.82, 2.24) is 10.2 Å². The Balaban J connectivity index is 0.000000281. The molecule has 1 saturated heterocycles. The normalized spacial score (nSPS) is 20.2. The lowest BCUT2D eigenvalue weighted by Gasteiger charge is -2.48. The van der Waals surface area contributed by atoms with Gasteiger partial charge in [0.05, 0.1) is 16.6 Å². The molecule has 0 unspecified atom stereocenters. The van der Waals surface area contributed by atoms with E-state index in [-0.39, 0.29) is 5.54 Å². The number of aliphatic carboxylic acids is 2. The van der Waals surface area contributed by atoms with E-state index in [2.05, 4.69) is 59.6 Å². The number of carboxylic acid groups (broad SMARTS) is 2. The van der Waals surface area contributed by atoms with Crippen molar-refractivity contribution in [3.05, 3.63) is 82.2 Å². The third-order valence-electron chi connectivity index (χ3n) is 6.44. The Kier molecular flexibility index (Phi) is 6.60. The SMILES string of the molecule is CCCN1CCC2(CC1)NC1=CC=CCC1=C1N=c3ccccc3=C12.O=C(O)/C=C\C(=O)O. The van der Waals surface area contributed by atoms with E-state index in [1.165, 1.54) is 40.7 Å². The molecule has 3 heterocycles. The smallest absolute Gasteiger partial charge is 0.328 e. The fourth-order valence-corrected chi connectivity index (χ4v) is 5.00. The van der Waals surface area contributed by atoms with Crippen molar-refractivity contribution in [1.29, 1.82) is 0 Å². The number of likely N-dealkylation sites (tertiary alicyclic amines) is 1. The van der Waals surface area contributed by atoms with E-state index in [0.717, 1.165) is 37.7 Å². The second-order valence-corrected chi connectivity index (χ2v) is 8.60. The van der Waals surface area contributed by atoms with E-state index in [0.29, 0.717) is 12.2 Å². The third-order valence-corrected chi connectivity index (χ3v) is 6.44. The summed E-state index contributed by atoms with van der Waals surface area (Å²) in [6.45, 7) is 5.82. The molecule has 0 aromatic heterocycles. The summed E-state index contributed by atoms with van der Waals surface area (Å²) < 4.78 is 0. The number of piperidine rings is 1. The van der Waals surface area contributed by atoms with E-state index >= 15 is 0 Å². The monoisotopic (exact) mass is 447 g/mol. The third kappa shape index (κ3) is 4.68. The zero-order valence-electron chi connectivity index (χ0n) is 18.8. The van der Waals surface area contributed by atoms with Crippen LogP contribution in [0.4, 0.5) is 0 Å². The van der Waals surface area contributed by atoms with Crippen LogP contribution in [0.2, 0.25) is 0 Å². The van der Waals surface area contributed by atoms with Gasteiger partial charge in [0.25, 0.3) is 0 Å². The molecule has 1 aliphatic carbocycles. The Labute approximate surface area is 192 Å². The van der Waals surface area contributed by atoms with E-state index in [4.69, 9.17) is 15.2 Å². The second kappa shape index (κ2) is 9.58. The molecule has 7 heteroatoms. The number of nitrogens with one attached hydrogen (secondary N) is 1. The quantitative estimate of drug-likeness (QED) is 0.611. The zero-order chi connectivity index (χ0) is 23.4. The van der Waals surface area contributed by atoms with Crippen LogP contribution in [0.25, 0.3) is 5.57 Å². The van der Waals surface area contributed by atoms with Crippen LogP contribution in [0, 0.1) is 0 Å². The summed E-state index contributed by atoms with van der Waals surface area (Å²) in [4.78, 5) is 26.8. The highest BCUT2D eigenvalue weighted by Gasteiger charge is 2.45. The van der Waals surface area contributed by atoms with Crippen LogP contribution >= 0.6 is 0 Å². The summed E-state index contributed by atoms with van der Waals surface area (Å²) in [5.74, 6) is -2.51. The summed E-state index contributed by atoms with van der Waals surface area (Å²) >= 11 is 0. The number of para-hydroxylation sites is 1. The van der Waals surface area contributed by atoms with E-state index in [1.807, 2.05) is 0 Å². The molecule has 4 aliphatic rings. The van der Waals surface area contributed by atoms with Crippen molar-refractivity contribution in [2.45, 2.75) is 38.1 Å². The molecule has 3 aliphatic heterocycles. The van der Waals surface area contributed by atoms with Gasteiger partial charge in [0.1, 0.15) is 0 Å². The maximum Gasteiger partial charge on any atom is 0.328 e. The molecule has 172 valence electrons. The van der Waals surface area contributed by atoms with Crippen molar-refractivity contribution in [2.24, 2.45) is 4.99 Å². The first-order valence-corrected chi connectivity index (χ1v) is 11.4. The zero-order valence-corrected chi connectivity index (χ0v) is 18.8. The Morgan fingerprint density at radius 1 is 1.15 bits per heavy atom. The molecule has 0 amide bonds. The van der Waals surface area contributed by atoms with Crippen molar-refractivity contribution in [3.8, 4) is 0 Å². The molecular weight excluding hydrogens is 418 g/mol.